The third kappa shape index (κ3) is 3.09. The van der Waals surface area contributed by atoms with Crippen molar-refractivity contribution < 1.29 is 9.53 Å². The van der Waals surface area contributed by atoms with E-state index < -0.39 is 0 Å². The SMILES string of the molecule is CCOC1CC(NCCNC(=O)N(C)C)C12CCCC2. The number of urea groups is 1. The monoisotopic (exact) mass is 283 g/mol. The van der Waals surface area contributed by atoms with E-state index in [9.17, 15) is 4.79 Å². The second-order valence-electron chi connectivity index (χ2n) is 6.25. The van der Waals surface area contributed by atoms with E-state index in [-0.39, 0.29) is 6.03 Å². The van der Waals surface area contributed by atoms with Crippen LogP contribution in [0.15, 0.2) is 0 Å². The minimum Gasteiger partial charge on any atom is -0.378 e. The molecular formula is C15H29N3O2. The first kappa shape index (κ1) is 15.6. The Kier molecular flexibility index (Phi) is 5.27. The summed E-state index contributed by atoms with van der Waals surface area (Å²) >= 11 is 0. The highest BCUT2D eigenvalue weighted by Gasteiger charge is 2.56. The molecule has 0 bridgehead atoms. The van der Waals surface area contributed by atoms with Crippen LogP contribution in [0.25, 0.3) is 0 Å². The Bertz CT molecular complexity index is 327. The molecule has 2 N–H and O–H groups in total. The fourth-order valence-electron chi connectivity index (χ4n) is 3.75. The first-order valence-corrected chi connectivity index (χ1v) is 7.90. The highest BCUT2D eigenvalue weighted by molar-refractivity contribution is 5.73. The zero-order valence-electron chi connectivity index (χ0n) is 13.1. The summed E-state index contributed by atoms with van der Waals surface area (Å²) in [5, 5.41) is 6.52. The summed E-state index contributed by atoms with van der Waals surface area (Å²) in [7, 11) is 3.52. The lowest BCUT2D eigenvalue weighted by Crippen LogP contribution is -2.63. The number of carbonyl (C=O) groups is 1. The molecule has 0 radical (unpaired) electrons. The molecule has 2 amide bonds. The summed E-state index contributed by atoms with van der Waals surface area (Å²) in [6, 6.07) is 0.543. The summed E-state index contributed by atoms with van der Waals surface area (Å²) in [4.78, 5) is 13.0. The van der Waals surface area contributed by atoms with Crippen molar-refractivity contribution in [3.63, 3.8) is 0 Å². The third-order valence-electron chi connectivity index (χ3n) is 4.89. The molecule has 116 valence electrons. The van der Waals surface area contributed by atoms with Crippen molar-refractivity contribution in [3.8, 4) is 0 Å². The lowest BCUT2D eigenvalue weighted by Gasteiger charge is -2.54. The van der Waals surface area contributed by atoms with Gasteiger partial charge in [-0.15, -0.1) is 0 Å². The van der Waals surface area contributed by atoms with Gasteiger partial charge in [-0.3, -0.25) is 0 Å². The van der Waals surface area contributed by atoms with Crippen LogP contribution in [0.2, 0.25) is 0 Å². The highest BCUT2D eigenvalue weighted by atomic mass is 16.5. The summed E-state index contributed by atoms with van der Waals surface area (Å²) in [6.45, 7) is 4.42. The van der Waals surface area contributed by atoms with Gasteiger partial charge in [-0.2, -0.15) is 0 Å². The van der Waals surface area contributed by atoms with Gasteiger partial charge in [-0.1, -0.05) is 12.8 Å². The van der Waals surface area contributed by atoms with Crippen molar-refractivity contribution in [2.75, 3.05) is 33.8 Å². The molecule has 5 nitrogen and oxygen atoms in total. The van der Waals surface area contributed by atoms with E-state index in [1.54, 1.807) is 19.0 Å². The number of ether oxygens (including phenoxy) is 1. The zero-order chi connectivity index (χ0) is 14.6. The van der Waals surface area contributed by atoms with Crippen LogP contribution in [0.4, 0.5) is 4.79 Å². The minimum absolute atomic E-state index is 0.0248. The van der Waals surface area contributed by atoms with E-state index in [0.717, 1.165) is 19.6 Å². The van der Waals surface area contributed by atoms with E-state index in [2.05, 4.69) is 17.6 Å². The molecule has 0 aromatic heterocycles. The molecule has 2 fully saturated rings. The molecule has 2 aliphatic rings. The molecule has 20 heavy (non-hydrogen) atoms. The lowest BCUT2D eigenvalue weighted by atomic mass is 9.60. The fraction of sp³-hybridized carbons (Fsp3) is 0.933. The molecule has 2 rings (SSSR count). The second-order valence-corrected chi connectivity index (χ2v) is 6.25. The molecule has 1 spiro atoms. The van der Waals surface area contributed by atoms with E-state index in [4.69, 9.17) is 4.74 Å². The van der Waals surface area contributed by atoms with Gasteiger partial charge < -0.3 is 20.3 Å². The lowest BCUT2D eigenvalue weighted by molar-refractivity contribution is -0.130. The third-order valence-corrected chi connectivity index (χ3v) is 4.89. The topological polar surface area (TPSA) is 53.6 Å². The Hall–Kier alpha value is -0.810. The molecule has 2 saturated carbocycles. The number of hydrogen-bond donors (Lipinski definition) is 2. The first-order valence-electron chi connectivity index (χ1n) is 7.90. The van der Waals surface area contributed by atoms with Crippen LogP contribution < -0.4 is 10.6 Å². The number of hydrogen-bond acceptors (Lipinski definition) is 3. The van der Waals surface area contributed by atoms with Crippen molar-refractivity contribution in [2.45, 2.75) is 51.2 Å². The Labute approximate surface area is 122 Å². The van der Waals surface area contributed by atoms with Gasteiger partial charge in [0, 0.05) is 45.2 Å². The van der Waals surface area contributed by atoms with E-state index in [0.29, 0.717) is 24.1 Å². The summed E-state index contributed by atoms with van der Waals surface area (Å²) in [5.41, 5.74) is 0.377. The van der Waals surface area contributed by atoms with Crippen LogP contribution in [0.3, 0.4) is 0 Å². The second kappa shape index (κ2) is 6.76. The Balaban J connectivity index is 1.72. The number of carbonyl (C=O) groups excluding carboxylic acids is 1. The predicted octanol–water partition coefficient (Wildman–Crippen LogP) is 1.58. The maximum absolute atomic E-state index is 11.4. The van der Waals surface area contributed by atoms with Gasteiger partial charge in [0.1, 0.15) is 0 Å². The molecule has 0 aromatic carbocycles. The van der Waals surface area contributed by atoms with Crippen LogP contribution in [0.1, 0.15) is 39.0 Å². The normalized spacial score (nSPS) is 27.4. The average Bonchev–Trinajstić information content (AvgIpc) is 2.93. The van der Waals surface area contributed by atoms with Gasteiger partial charge in [0.2, 0.25) is 0 Å². The van der Waals surface area contributed by atoms with Crippen LogP contribution in [0.5, 0.6) is 0 Å². The van der Waals surface area contributed by atoms with Gasteiger partial charge in [0.05, 0.1) is 6.10 Å². The number of nitrogens with zero attached hydrogens (tertiary/aromatic N) is 1. The molecule has 2 aliphatic carbocycles. The highest BCUT2D eigenvalue weighted by Crippen LogP contribution is 2.54. The van der Waals surface area contributed by atoms with Gasteiger partial charge in [0.25, 0.3) is 0 Å². The summed E-state index contributed by atoms with van der Waals surface area (Å²) in [6.07, 6.45) is 6.82. The Morgan fingerprint density at radius 1 is 1.30 bits per heavy atom. The van der Waals surface area contributed by atoms with Crippen molar-refractivity contribution in [3.05, 3.63) is 0 Å². The Morgan fingerprint density at radius 2 is 2.00 bits per heavy atom. The van der Waals surface area contributed by atoms with Gasteiger partial charge in [0.15, 0.2) is 0 Å². The molecule has 0 aliphatic heterocycles. The zero-order valence-corrected chi connectivity index (χ0v) is 13.1. The summed E-state index contributed by atoms with van der Waals surface area (Å²) < 4.78 is 5.91. The van der Waals surface area contributed by atoms with Crippen LogP contribution in [-0.4, -0.2) is 56.9 Å². The van der Waals surface area contributed by atoms with Crippen molar-refractivity contribution in [1.82, 2.24) is 15.5 Å². The minimum atomic E-state index is -0.0248. The molecule has 5 heteroatoms. The van der Waals surface area contributed by atoms with Crippen LogP contribution in [-0.2, 0) is 4.74 Å². The number of rotatable bonds is 6. The average molecular weight is 283 g/mol. The predicted molar refractivity (Wildman–Crippen MR) is 79.8 cm³/mol. The Morgan fingerprint density at radius 3 is 2.60 bits per heavy atom. The van der Waals surface area contributed by atoms with E-state index in [1.165, 1.54) is 25.7 Å². The molecule has 0 aromatic rings. The van der Waals surface area contributed by atoms with Crippen LogP contribution >= 0.6 is 0 Å². The van der Waals surface area contributed by atoms with Gasteiger partial charge >= 0.3 is 6.03 Å². The smallest absolute Gasteiger partial charge is 0.316 e. The van der Waals surface area contributed by atoms with E-state index in [1.807, 2.05) is 0 Å². The standard InChI is InChI=1S/C15H29N3O2/c1-4-20-13-11-12(15(13)7-5-6-8-15)16-9-10-17-14(19)18(2)3/h12-13,16H,4-11H2,1-3H3,(H,17,19). The first-order chi connectivity index (χ1) is 9.60. The number of nitrogens with one attached hydrogen (secondary N) is 2. The van der Waals surface area contributed by atoms with E-state index >= 15 is 0 Å². The molecule has 0 saturated heterocycles. The van der Waals surface area contributed by atoms with Crippen molar-refractivity contribution >= 4 is 6.03 Å². The fourth-order valence-corrected chi connectivity index (χ4v) is 3.75. The van der Waals surface area contributed by atoms with Gasteiger partial charge in [-0.25, -0.2) is 4.79 Å². The maximum atomic E-state index is 11.4. The van der Waals surface area contributed by atoms with Crippen molar-refractivity contribution in [2.24, 2.45) is 5.41 Å². The maximum Gasteiger partial charge on any atom is 0.316 e. The molecule has 2 atom stereocenters. The molecule has 2 unspecified atom stereocenters. The van der Waals surface area contributed by atoms with Crippen molar-refractivity contribution in [1.29, 1.82) is 0 Å². The number of amides is 2. The largest absolute Gasteiger partial charge is 0.378 e. The quantitative estimate of drug-likeness (QED) is 0.728. The van der Waals surface area contributed by atoms with Crippen LogP contribution in [0, 0.1) is 5.41 Å². The van der Waals surface area contributed by atoms with Gasteiger partial charge in [-0.05, 0) is 26.2 Å². The summed E-state index contributed by atoms with van der Waals surface area (Å²) in [5.74, 6) is 0. The molecular weight excluding hydrogens is 254 g/mol. The molecule has 0 heterocycles.